The lowest BCUT2D eigenvalue weighted by Gasteiger charge is -2.42. The van der Waals surface area contributed by atoms with Gasteiger partial charge in [-0.05, 0) is 24.7 Å². The molecule has 4 nitrogen and oxygen atoms in total. The first-order valence-corrected chi connectivity index (χ1v) is 8.50. The number of hydrogen-bond donors (Lipinski definition) is 1. The lowest BCUT2D eigenvalue weighted by Crippen LogP contribution is -2.42. The van der Waals surface area contributed by atoms with Crippen LogP contribution < -0.4 is 10.6 Å². The highest BCUT2D eigenvalue weighted by atomic mass is 15.2. The average molecular weight is 288 g/mol. The molecule has 4 heteroatoms. The number of aromatic nitrogens is 2. The van der Waals surface area contributed by atoms with Crippen molar-refractivity contribution in [1.29, 1.82) is 0 Å². The van der Waals surface area contributed by atoms with Gasteiger partial charge in [0, 0.05) is 25.6 Å². The van der Waals surface area contributed by atoms with Crippen LogP contribution in [0.3, 0.4) is 0 Å². The van der Waals surface area contributed by atoms with Crippen molar-refractivity contribution in [3.8, 4) is 0 Å². The Bertz CT molecular complexity index is 486. The molecule has 1 saturated heterocycles. The standard InChI is InChI=1S/C17H28N4/c1-12(2)17-19-10-16(15(9-18)20-17)21-8-7-13-5-3-4-6-14(13)11-21/h10,12-14H,3-9,11,18H2,1-2H3. The number of nitrogens with zero attached hydrogens (tertiary/aromatic N) is 3. The minimum absolute atomic E-state index is 0.355. The predicted octanol–water partition coefficient (Wildman–Crippen LogP) is 3.08. The molecule has 0 aromatic carbocycles. The molecule has 2 unspecified atom stereocenters. The molecule has 116 valence electrons. The van der Waals surface area contributed by atoms with Crippen LogP contribution in [0.25, 0.3) is 0 Å². The summed E-state index contributed by atoms with van der Waals surface area (Å²) in [5, 5.41) is 0. The summed E-state index contributed by atoms with van der Waals surface area (Å²) in [5.74, 6) is 3.08. The smallest absolute Gasteiger partial charge is 0.131 e. The van der Waals surface area contributed by atoms with Crippen molar-refractivity contribution >= 4 is 5.69 Å². The average Bonchev–Trinajstić information content (AvgIpc) is 2.53. The second-order valence-electron chi connectivity index (χ2n) is 6.96. The van der Waals surface area contributed by atoms with Crippen LogP contribution in [0.1, 0.15) is 63.4 Å². The molecule has 0 bridgehead atoms. The third-order valence-corrected chi connectivity index (χ3v) is 5.21. The molecule has 1 aliphatic heterocycles. The van der Waals surface area contributed by atoms with E-state index in [4.69, 9.17) is 10.7 Å². The van der Waals surface area contributed by atoms with E-state index in [1.807, 2.05) is 6.20 Å². The summed E-state index contributed by atoms with van der Waals surface area (Å²) in [6.07, 6.45) is 8.99. The van der Waals surface area contributed by atoms with E-state index in [0.717, 1.165) is 29.9 Å². The molecule has 0 radical (unpaired) electrons. The Labute approximate surface area is 128 Å². The van der Waals surface area contributed by atoms with Gasteiger partial charge in [0.15, 0.2) is 0 Å². The van der Waals surface area contributed by atoms with Gasteiger partial charge in [-0.25, -0.2) is 9.97 Å². The molecular formula is C17H28N4. The molecule has 0 amide bonds. The first-order chi connectivity index (χ1) is 10.2. The Morgan fingerprint density at radius 2 is 2.00 bits per heavy atom. The molecule has 1 saturated carbocycles. The van der Waals surface area contributed by atoms with Crippen molar-refractivity contribution in [3.05, 3.63) is 17.7 Å². The van der Waals surface area contributed by atoms with E-state index < -0.39 is 0 Å². The number of anilines is 1. The van der Waals surface area contributed by atoms with Crippen LogP contribution in [0.15, 0.2) is 6.20 Å². The summed E-state index contributed by atoms with van der Waals surface area (Å²) in [5.41, 5.74) is 8.13. The summed E-state index contributed by atoms with van der Waals surface area (Å²) in [4.78, 5) is 11.7. The van der Waals surface area contributed by atoms with Crippen molar-refractivity contribution in [2.75, 3.05) is 18.0 Å². The van der Waals surface area contributed by atoms with Crippen LogP contribution in [0.2, 0.25) is 0 Å². The number of hydrogen-bond acceptors (Lipinski definition) is 4. The maximum absolute atomic E-state index is 5.94. The summed E-state index contributed by atoms with van der Waals surface area (Å²) in [7, 11) is 0. The van der Waals surface area contributed by atoms with Crippen molar-refractivity contribution < 1.29 is 0 Å². The number of rotatable bonds is 3. The zero-order valence-electron chi connectivity index (χ0n) is 13.4. The molecule has 0 spiro atoms. The van der Waals surface area contributed by atoms with Crippen LogP contribution >= 0.6 is 0 Å². The normalized spacial score (nSPS) is 26.0. The summed E-state index contributed by atoms with van der Waals surface area (Å²) >= 11 is 0. The second-order valence-corrected chi connectivity index (χ2v) is 6.96. The van der Waals surface area contributed by atoms with E-state index >= 15 is 0 Å². The quantitative estimate of drug-likeness (QED) is 0.928. The summed E-state index contributed by atoms with van der Waals surface area (Å²) in [6, 6.07) is 0. The van der Waals surface area contributed by atoms with Crippen molar-refractivity contribution in [2.45, 2.75) is 58.4 Å². The SMILES string of the molecule is CC(C)c1ncc(N2CCC3CCCCC3C2)c(CN)n1. The lowest BCUT2D eigenvalue weighted by atomic mass is 9.75. The fourth-order valence-electron chi connectivity index (χ4n) is 3.94. The monoisotopic (exact) mass is 288 g/mol. The fraction of sp³-hybridized carbons (Fsp3) is 0.765. The molecule has 2 fully saturated rings. The highest BCUT2D eigenvalue weighted by Gasteiger charge is 2.32. The molecule has 2 aliphatic rings. The van der Waals surface area contributed by atoms with Gasteiger partial charge < -0.3 is 10.6 Å². The van der Waals surface area contributed by atoms with Crippen molar-refractivity contribution in [1.82, 2.24) is 9.97 Å². The molecule has 1 aliphatic carbocycles. The van der Waals surface area contributed by atoms with Gasteiger partial charge in [0.25, 0.3) is 0 Å². The highest BCUT2D eigenvalue weighted by Crippen LogP contribution is 2.37. The molecule has 1 aromatic heterocycles. The van der Waals surface area contributed by atoms with E-state index in [1.165, 1.54) is 44.3 Å². The minimum atomic E-state index is 0.355. The molecule has 2 atom stereocenters. The lowest BCUT2D eigenvalue weighted by molar-refractivity contribution is 0.202. The molecular weight excluding hydrogens is 260 g/mol. The van der Waals surface area contributed by atoms with Gasteiger partial charge in [0.05, 0.1) is 17.6 Å². The van der Waals surface area contributed by atoms with Gasteiger partial charge in [0.1, 0.15) is 5.82 Å². The largest absolute Gasteiger partial charge is 0.368 e. The Balaban J connectivity index is 1.80. The first kappa shape index (κ1) is 14.8. The van der Waals surface area contributed by atoms with Gasteiger partial charge in [-0.15, -0.1) is 0 Å². The van der Waals surface area contributed by atoms with E-state index in [9.17, 15) is 0 Å². The molecule has 21 heavy (non-hydrogen) atoms. The van der Waals surface area contributed by atoms with E-state index in [2.05, 4.69) is 23.7 Å². The van der Waals surface area contributed by atoms with Crippen molar-refractivity contribution in [2.24, 2.45) is 17.6 Å². The van der Waals surface area contributed by atoms with Crippen molar-refractivity contribution in [3.63, 3.8) is 0 Å². The van der Waals surface area contributed by atoms with E-state index in [-0.39, 0.29) is 0 Å². The molecule has 3 rings (SSSR count). The zero-order chi connectivity index (χ0) is 14.8. The minimum Gasteiger partial charge on any atom is -0.368 e. The fourth-order valence-corrected chi connectivity index (χ4v) is 3.94. The Hall–Kier alpha value is -1.16. The van der Waals surface area contributed by atoms with Crippen LogP contribution in [-0.4, -0.2) is 23.1 Å². The van der Waals surface area contributed by atoms with Crippen LogP contribution in [0.5, 0.6) is 0 Å². The third-order valence-electron chi connectivity index (χ3n) is 5.21. The first-order valence-electron chi connectivity index (χ1n) is 8.50. The Morgan fingerprint density at radius 1 is 1.24 bits per heavy atom. The third kappa shape index (κ3) is 3.05. The maximum atomic E-state index is 5.94. The van der Waals surface area contributed by atoms with Crippen LogP contribution in [0.4, 0.5) is 5.69 Å². The summed E-state index contributed by atoms with van der Waals surface area (Å²) < 4.78 is 0. The Morgan fingerprint density at radius 3 is 2.71 bits per heavy atom. The second kappa shape index (κ2) is 6.30. The van der Waals surface area contributed by atoms with Gasteiger partial charge in [0.2, 0.25) is 0 Å². The van der Waals surface area contributed by atoms with E-state index in [1.54, 1.807) is 0 Å². The van der Waals surface area contributed by atoms with Gasteiger partial charge >= 0.3 is 0 Å². The molecule has 2 N–H and O–H groups in total. The van der Waals surface area contributed by atoms with E-state index in [0.29, 0.717) is 12.5 Å². The highest BCUT2D eigenvalue weighted by molar-refractivity contribution is 5.49. The summed E-state index contributed by atoms with van der Waals surface area (Å²) in [6.45, 7) is 7.06. The van der Waals surface area contributed by atoms with Gasteiger partial charge in [-0.3, -0.25) is 0 Å². The van der Waals surface area contributed by atoms with Crippen LogP contribution in [0, 0.1) is 11.8 Å². The number of fused-ring (bicyclic) bond motifs is 1. The zero-order valence-corrected chi connectivity index (χ0v) is 13.4. The van der Waals surface area contributed by atoms with Crippen LogP contribution in [-0.2, 0) is 6.54 Å². The Kier molecular flexibility index (Phi) is 4.43. The topological polar surface area (TPSA) is 55.0 Å². The van der Waals surface area contributed by atoms with Gasteiger partial charge in [-0.1, -0.05) is 33.1 Å². The molecule has 2 heterocycles. The number of piperidine rings is 1. The maximum Gasteiger partial charge on any atom is 0.131 e. The number of nitrogens with two attached hydrogens (primary N) is 1. The molecule has 1 aromatic rings. The van der Waals surface area contributed by atoms with Gasteiger partial charge in [-0.2, -0.15) is 0 Å². The predicted molar refractivity (Wildman–Crippen MR) is 86.3 cm³/mol.